The number of carbonyl (C=O) groups is 3. The number of nitrogens with zero attached hydrogens (tertiary/aromatic N) is 2. The minimum atomic E-state index is -0.196. The summed E-state index contributed by atoms with van der Waals surface area (Å²) in [5.74, 6) is -0.232. The summed E-state index contributed by atoms with van der Waals surface area (Å²) >= 11 is 0. The van der Waals surface area contributed by atoms with Gasteiger partial charge in [-0.2, -0.15) is 0 Å². The van der Waals surface area contributed by atoms with Crippen LogP contribution in [0.4, 0.5) is 21.9 Å². The van der Waals surface area contributed by atoms with Crippen LogP contribution in [0.2, 0.25) is 0 Å². The highest BCUT2D eigenvalue weighted by molar-refractivity contribution is 5.93. The molecule has 0 unspecified atom stereocenters. The predicted molar refractivity (Wildman–Crippen MR) is 113 cm³/mol. The van der Waals surface area contributed by atoms with Gasteiger partial charge >= 0.3 is 6.03 Å². The van der Waals surface area contributed by atoms with E-state index in [0.717, 1.165) is 5.69 Å². The fourth-order valence-corrected chi connectivity index (χ4v) is 3.11. The normalized spacial score (nSPS) is 14.2. The Labute approximate surface area is 169 Å². The Bertz CT molecular complexity index is 864. The fourth-order valence-electron chi connectivity index (χ4n) is 3.11. The smallest absolute Gasteiger partial charge is 0.321 e. The molecule has 0 aromatic heterocycles. The number of rotatable bonds is 5. The molecule has 2 aromatic carbocycles. The zero-order valence-electron chi connectivity index (χ0n) is 16.4. The van der Waals surface area contributed by atoms with E-state index in [2.05, 4.69) is 16.0 Å². The van der Waals surface area contributed by atoms with Crippen molar-refractivity contribution in [1.82, 2.24) is 9.80 Å². The highest BCUT2D eigenvalue weighted by Crippen LogP contribution is 2.16. The first kappa shape index (κ1) is 20.3. The molecule has 0 atom stereocenters. The van der Waals surface area contributed by atoms with Crippen LogP contribution >= 0.6 is 0 Å². The molecule has 3 N–H and O–H groups in total. The van der Waals surface area contributed by atoms with Crippen LogP contribution in [0.25, 0.3) is 0 Å². The van der Waals surface area contributed by atoms with E-state index in [1.165, 1.54) is 6.92 Å². The lowest BCUT2D eigenvalue weighted by Gasteiger charge is -2.34. The SMILES string of the molecule is CC(=O)Nc1cccc(NC(=O)N2CCN(CC(=O)Nc3ccccc3)CC2)c1. The minimum absolute atomic E-state index is 0.0658. The Morgan fingerprint density at radius 3 is 2.07 bits per heavy atom. The molecule has 1 heterocycles. The number of nitrogens with one attached hydrogen (secondary N) is 3. The van der Waals surface area contributed by atoms with E-state index in [4.69, 9.17) is 0 Å². The van der Waals surface area contributed by atoms with E-state index in [-0.39, 0.29) is 17.8 Å². The maximum absolute atomic E-state index is 12.5. The van der Waals surface area contributed by atoms with Crippen molar-refractivity contribution in [3.05, 3.63) is 54.6 Å². The summed E-state index contributed by atoms with van der Waals surface area (Å²) in [5, 5.41) is 8.41. The van der Waals surface area contributed by atoms with E-state index >= 15 is 0 Å². The monoisotopic (exact) mass is 395 g/mol. The molecule has 0 bridgehead atoms. The predicted octanol–water partition coefficient (Wildman–Crippen LogP) is 2.43. The number of urea groups is 1. The van der Waals surface area contributed by atoms with Gasteiger partial charge in [0, 0.05) is 50.2 Å². The van der Waals surface area contributed by atoms with E-state index in [1.807, 2.05) is 35.2 Å². The molecule has 0 saturated carbocycles. The van der Waals surface area contributed by atoms with Crippen LogP contribution < -0.4 is 16.0 Å². The van der Waals surface area contributed by atoms with E-state index in [0.29, 0.717) is 44.1 Å². The first-order chi connectivity index (χ1) is 14.0. The maximum Gasteiger partial charge on any atom is 0.321 e. The van der Waals surface area contributed by atoms with Gasteiger partial charge in [-0.15, -0.1) is 0 Å². The minimum Gasteiger partial charge on any atom is -0.326 e. The van der Waals surface area contributed by atoms with Gasteiger partial charge < -0.3 is 20.9 Å². The van der Waals surface area contributed by atoms with Crippen LogP contribution in [0.1, 0.15) is 6.92 Å². The van der Waals surface area contributed by atoms with Gasteiger partial charge in [-0.25, -0.2) is 4.79 Å². The first-order valence-corrected chi connectivity index (χ1v) is 9.50. The van der Waals surface area contributed by atoms with Crippen LogP contribution in [0, 0.1) is 0 Å². The average molecular weight is 395 g/mol. The lowest BCUT2D eigenvalue weighted by molar-refractivity contribution is -0.117. The Kier molecular flexibility index (Phi) is 6.80. The molecule has 8 nitrogen and oxygen atoms in total. The number of anilines is 3. The van der Waals surface area contributed by atoms with Crippen LogP contribution in [-0.2, 0) is 9.59 Å². The molecule has 0 spiro atoms. The molecule has 29 heavy (non-hydrogen) atoms. The quantitative estimate of drug-likeness (QED) is 0.725. The van der Waals surface area contributed by atoms with Crippen molar-refractivity contribution in [2.75, 3.05) is 48.7 Å². The topological polar surface area (TPSA) is 93.8 Å². The highest BCUT2D eigenvalue weighted by atomic mass is 16.2. The van der Waals surface area contributed by atoms with Crippen LogP contribution in [-0.4, -0.2) is 60.4 Å². The summed E-state index contributed by atoms with van der Waals surface area (Å²) < 4.78 is 0. The number of hydrogen-bond donors (Lipinski definition) is 3. The maximum atomic E-state index is 12.5. The molecule has 4 amide bonds. The van der Waals surface area contributed by atoms with Crippen molar-refractivity contribution in [3.8, 4) is 0 Å². The van der Waals surface area contributed by atoms with Gasteiger partial charge in [-0.05, 0) is 30.3 Å². The molecular formula is C21H25N5O3. The van der Waals surface area contributed by atoms with Crippen molar-refractivity contribution >= 4 is 34.9 Å². The van der Waals surface area contributed by atoms with E-state index < -0.39 is 0 Å². The molecule has 3 rings (SSSR count). The number of benzene rings is 2. The summed E-state index contributed by atoms with van der Waals surface area (Å²) in [5.41, 5.74) is 2.02. The lowest BCUT2D eigenvalue weighted by atomic mass is 10.2. The third kappa shape index (κ3) is 6.32. The second kappa shape index (κ2) is 9.70. The molecular weight excluding hydrogens is 370 g/mol. The molecule has 1 aliphatic heterocycles. The largest absolute Gasteiger partial charge is 0.326 e. The summed E-state index contributed by atoms with van der Waals surface area (Å²) in [6.07, 6.45) is 0. The number of amides is 4. The molecule has 1 saturated heterocycles. The summed E-state index contributed by atoms with van der Waals surface area (Å²) in [6, 6.07) is 16.2. The third-order valence-corrected chi connectivity index (χ3v) is 4.52. The molecule has 1 fully saturated rings. The summed E-state index contributed by atoms with van der Waals surface area (Å²) in [6.45, 7) is 4.06. The summed E-state index contributed by atoms with van der Waals surface area (Å²) in [7, 11) is 0. The Balaban J connectivity index is 1.44. The Morgan fingerprint density at radius 1 is 0.793 bits per heavy atom. The molecule has 1 aliphatic rings. The van der Waals surface area contributed by atoms with Crippen LogP contribution in [0.15, 0.2) is 54.6 Å². The lowest BCUT2D eigenvalue weighted by Crippen LogP contribution is -2.51. The van der Waals surface area contributed by atoms with Crippen molar-refractivity contribution in [1.29, 1.82) is 0 Å². The van der Waals surface area contributed by atoms with Gasteiger partial charge in [0.25, 0.3) is 0 Å². The number of hydrogen-bond acceptors (Lipinski definition) is 4. The zero-order chi connectivity index (χ0) is 20.6. The second-order valence-electron chi connectivity index (χ2n) is 6.87. The fraction of sp³-hybridized carbons (Fsp3) is 0.286. The molecule has 2 aromatic rings. The standard InChI is InChI=1S/C21H25N5O3/c1-16(27)22-18-8-5-9-19(14-18)24-21(29)26-12-10-25(11-13-26)15-20(28)23-17-6-3-2-4-7-17/h2-9,14H,10-13,15H2,1H3,(H,22,27)(H,23,28)(H,24,29). The highest BCUT2D eigenvalue weighted by Gasteiger charge is 2.22. The van der Waals surface area contributed by atoms with Gasteiger partial charge in [0.2, 0.25) is 11.8 Å². The average Bonchev–Trinajstić information content (AvgIpc) is 2.69. The van der Waals surface area contributed by atoms with Crippen molar-refractivity contribution in [2.24, 2.45) is 0 Å². The zero-order valence-corrected chi connectivity index (χ0v) is 16.4. The molecule has 152 valence electrons. The van der Waals surface area contributed by atoms with E-state index in [1.54, 1.807) is 29.2 Å². The van der Waals surface area contributed by atoms with Gasteiger partial charge in [-0.1, -0.05) is 24.3 Å². The summed E-state index contributed by atoms with van der Waals surface area (Å²) in [4.78, 5) is 39.6. The van der Waals surface area contributed by atoms with Gasteiger partial charge in [0.15, 0.2) is 0 Å². The second-order valence-corrected chi connectivity index (χ2v) is 6.87. The van der Waals surface area contributed by atoms with Crippen LogP contribution in [0.3, 0.4) is 0 Å². The Morgan fingerprint density at radius 2 is 1.41 bits per heavy atom. The van der Waals surface area contributed by atoms with Crippen molar-refractivity contribution in [3.63, 3.8) is 0 Å². The van der Waals surface area contributed by atoms with Crippen molar-refractivity contribution in [2.45, 2.75) is 6.92 Å². The molecule has 0 aliphatic carbocycles. The van der Waals surface area contributed by atoms with Crippen molar-refractivity contribution < 1.29 is 14.4 Å². The number of carbonyl (C=O) groups excluding carboxylic acids is 3. The number of piperazine rings is 1. The van der Waals surface area contributed by atoms with E-state index in [9.17, 15) is 14.4 Å². The third-order valence-electron chi connectivity index (χ3n) is 4.52. The molecule has 0 radical (unpaired) electrons. The van der Waals surface area contributed by atoms with Gasteiger partial charge in [-0.3, -0.25) is 14.5 Å². The number of para-hydroxylation sites is 1. The Hall–Kier alpha value is -3.39. The van der Waals surface area contributed by atoms with Gasteiger partial charge in [0.1, 0.15) is 0 Å². The van der Waals surface area contributed by atoms with Gasteiger partial charge in [0.05, 0.1) is 6.54 Å². The first-order valence-electron chi connectivity index (χ1n) is 9.50. The van der Waals surface area contributed by atoms with Crippen LogP contribution in [0.5, 0.6) is 0 Å². The molecule has 8 heteroatoms.